The first kappa shape index (κ1) is 25.7. The van der Waals surface area contributed by atoms with Crippen LogP contribution in [0.1, 0.15) is 32.0 Å². The number of fused-ring (bicyclic) bond motifs is 1. The number of aromatic nitrogens is 1. The Kier molecular flexibility index (Phi) is 8.18. The van der Waals surface area contributed by atoms with E-state index in [0.717, 1.165) is 16.5 Å². The van der Waals surface area contributed by atoms with Gasteiger partial charge in [-0.15, -0.1) is 0 Å². The highest BCUT2D eigenvalue weighted by atomic mass is 16.5. The van der Waals surface area contributed by atoms with E-state index in [1.165, 1.54) is 19.1 Å². The molecule has 9 nitrogen and oxygen atoms in total. The summed E-state index contributed by atoms with van der Waals surface area (Å²) in [4.78, 5) is 36.5. The Morgan fingerprint density at radius 3 is 2.19 bits per heavy atom. The van der Waals surface area contributed by atoms with Crippen molar-refractivity contribution in [3.63, 3.8) is 0 Å². The Hall–Kier alpha value is -4.94. The summed E-state index contributed by atoms with van der Waals surface area (Å²) in [6.45, 7) is 1.85. The summed E-state index contributed by atoms with van der Waals surface area (Å²) in [6, 6.07) is 21.6. The van der Waals surface area contributed by atoms with Crippen LogP contribution >= 0.6 is 0 Å². The van der Waals surface area contributed by atoms with Crippen LogP contribution in [-0.4, -0.2) is 40.3 Å². The number of pyridine rings is 1. The van der Waals surface area contributed by atoms with Crippen LogP contribution in [0.3, 0.4) is 0 Å². The standard InChI is InChI=1S/C16H10N2O.C11H13NO5/c17-10-14-15(11-6-2-1-3-7-11)12-8-4-5-9-13(12)16(19)18-14;1-6-7(10(13)14)2-3-8(17-5-4-12)9(6)11(15)16/h1-9H,(H,18,19);2-3H,4-5,12H2,1H3,(H,13,14)(H,15,16). The first-order valence-corrected chi connectivity index (χ1v) is 10.8. The van der Waals surface area contributed by atoms with E-state index >= 15 is 0 Å². The number of nitrogens with two attached hydrogens (primary N) is 1. The van der Waals surface area contributed by atoms with E-state index in [1.807, 2.05) is 48.5 Å². The average Bonchev–Trinajstić information content (AvgIpc) is 2.87. The predicted molar refractivity (Wildman–Crippen MR) is 134 cm³/mol. The Morgan fingerprint density at radius 2 is 1.61 bits per heavy atom. The minimum atomic E-state index is -1.22. The van der Waals surface area contributed by atoms with E-state index in [0.29, 0.717) is 11.1 Å². The molecule has 182 valence electrons. The fourth-order valence-corrected chi connectivity index (χ4v) is 3.74. The molecule has 9 heteroatoms. The number of nitrogens with zero attached hydrogens (tertiary/aromatic N) is 1. The molecule has 4 rings (SSSR count). The van der Waals surface area contributed by atoms with Crippen molar-refractivity contribution in [1.82, 2.24) is 4.98 Å². The van der Waals surface area contributed by atoms with E-state index in [4.69, 9.17) is 20.7 Å². The number of aromatic amines is 1. The summed E-state index contributed by atoms with van der Waals surface area (Å²) in [5.41, 5.74) is 6.99. The summed E-state index contributed by atoms with van der Waals surface area (Å²) < 4.78 is 5.16. The molecule has 0 radical (unpaired) electrons. The predicted octanol–water partition coefficient (Wildman–Crippen LogP) is 3.80. The highest BCUT2D eigenvalue weighted by Crippen LogP contribution is 2.29. The molecule has 1 heterocycles. The van der Waals surface area contributed by atoms with Crippen molar-refractivity contribution in [3.8, 4) is 22.9 Å². The zero-order valence-corrected chi connectivity index (χ0v) is 19.3. The van der Waals surface area contributed by atoms with E-state index in [9.17, 15) is 19.6 Å². The van der Waals surface area contributed by atoms with E-state index < -0.39 is 11.9 Å². The van der Waals surface area contributed by atoms with Crippen LogP contribution in [0, 0.1) is 18.3 Å². The number of benzene rings is 3. The molecule has 4 aromatic rings. The molecular weight excluding hydrogens is 462 g/mol. The van der Waals surface area contributed by atoms with Gasteiger partial charge in [-0.3, -0.25) is 4.79 Å². The lowest BCUT2D eigenvalue weighted by Gasteiger charge is -2.12. The second-order valence-corrected chi connectivity index (χ2v) is 7.59. The number of nitrogens with one attached hydrogen (secondary N) is 1. The third-order valence-electron chi connectivity index (χ3n) is 5.35. The molecular formula is C27H23N3O6. The van der Waals surface area contributed by atoms with Gasteiger partial charge in [-0.1, -0.05) is 48.5 Å². The van der Waals surface area contributed by atoms with Gasteiger partial charge in [0.15, 0.2) is 0 Å². The number of ether oxygens (including phenoxy) is 1. The summed E-state index contributed by atoms with van der Waals surface area (Å²) in [5, 5.41) is 28.6. The molecule has 3 aromatic carbocycles. The van der Waals surface area contributed by atoms with E-state index in [1.54, 1.807) is 6.07 Å². The van der Waals surface area contributed by atoms with Gasteiger partial charge in [-0.25, -0.2) is 9.59 Å². The first-order valence-electron chi connectivity index (χ1n) is 10.8. The van der Waals surface area contributed by atoms with Gasteiger partial charge >= 0.3 is 11.9 Å². The Bertz CT molecular complexity index is 1520. The number of aromatic carboxylic acids is 2. The zero-order valence-electron chi connectivity index (χ0n) is 19.3. The van der Waals surface area contributed by atoms with Crippen molar-refractivity contribution in [1.29, 1.82) is 5.26 Å². The molecule has 0 aliphatic carbocycles. The second kappa shape index (κ2) is 11.5. The van der Waals surface area contributed by atoms with Crippen LogP contribution < -0.4 is 16.0 Å². The van der Waals surface area contributed by atoms with Crippen molar-refractivity contribution >= 4 is 22.7 Å². The lowest BCUT2D eigenvalue weighted by Crippen LogP contribution is -2.14. The van der Waals surface area contributed by atoms with E-state index in [2.05, 4.69) is 11.1 Å². The number of carboxylic acid groups (broad SMARTS) is 2. The highest BCUT2D eigenvalue weighted by molar-refractivity contribution is 5.99. The number of carboxylic acids is 2. The van der Waals surface area contributed by atoms with Crippen molar-refractivity contribution < 1.29 is 24.5 Å². The maximum atomic E-state index is 11.9. The van der Waals surface area contributed by atoms with Crippen LogP contribution in [0.15, 0.2) is 71.5 Å². The number of rotatable bonds is 6. The molecule has 0 aliphatic heterocycles. The number of carbonyl (C=O) groups is 2. The van der Waals surface area contributed by atoms with Crippen molar-refractivity contribution in [2.24, 2.45) is 5.73 Å². The minimum Gasteiger partial charge on any atom is -0.491 e. The highest BCUT2D eigenvalue weighted by Gasteiger charge is 2.20. The molecule has 0 unspecified atom stereocenters. The third kappa shape index (κ3) is 5.41. The van der Waals surface area contributed by atoms with Crippen LogP contribution in [0.5, 0.6) is 5.75 Å². The lowest BCUT2D eigenvalue weighted by atomic mass is 9.98. The maximum Gasteiger partial charge on any atom is 0.339 e. The minimum absolute atomic E-state index is 0.0532. The molecule has 36 heavy (non-hydrogen) atoms. The first-order chi connectivity index (χ1) is 17.3. The molecule has 1 aromatic heterocycles. The largest absolute Gasteiger partial charge is 0.491 e. The molecule has 0 saturated heterocycles. The fourth-order valence-electron chi connectivity index (χ4n) is 3.74. The van der Waals surface area contributed by atoms with Gasteiger partial charge in [0.05, 0.1) is 5.56 Å². The molecule has 0 amide bonds. The second-order valence-electron chi connectivity index (χ2n) is 7.59. The molecule has 0 bridgehead atoms. The Labute approximate surface area is 206 Å². The van der Waals surface area contributed by atoms with Gasteiger partial charge < -0.3 is 25.7 Å². The summed E-state index contributed by atoms with van der Waals surface area (Å²) >= 11 is 0. The van der Waals surface area contributed by atoms with Gasteiger partial charge in [0, 0.05) is 17.5 Å². The molecule has 0 fully saturated rings. The number of hydrogen-bond donors (Lipinski definition) is 4. The maximum absolute atomic E-state index is 11.9. The topological polar surface area (TPSA) is 166 Å². The summed E-state index contributed by atoms with van der Waals surface area (Å²) in [5.74, 6) is -2.27. The third-order valence-corrected chi connectivity index (χ3v) is 5.35. The van der Waals surface area contributed by atoms with Crippen LogP contribution in [0.4, 0.5) is 0 Å². The normalized spacial score (nSPS) is 10.1. The Balaban J connectivity index is 0.000000202. The smallest absolute Gasteiger partial charge is 0.339 e. The lowest BCUT2D eigenvalue weighted by molar-refractivity contribution is 0.0691. The monoisotopic (exact) mass is 485 g/mol. The van der Waals surface area contributed by atoms with Gasteiger partial charge in [0.1, 0.15) is 29.7 Å². The van der Waals surface area contributed by atoms with Gasteiger partial charge in [0.25, 0.3) is 5.56 Å². The Morgan fingerprint density at radius 1 is 0.972 bits per heavy atom. The molecule has 0 aliphatic rings. The van der Waals surface area contributed by atoms with Crippen LogP contribution in [0.25, 0.3) is 21.9 Å². The quantitative estimate of drug-likeness (QED) is 0.320. The molecule has 0 saturated carbocycles. The zero-order chi connectivity index (χ0) is 26.2. The SMILES string of the molecule is Cc1c(C(=O)O)ccc(OCCN)c1C(=O)O.N#Cc1[nH]c(=O)c2ccccc2c1-c1ccccc1. The van der Waals surface area contributed by atoms with Crippen molar-refractivity contribution in [2.75, 3.05) is 13.2 Å². The summed E-state index contributed by atoms with van der Waals surface area (Å²) in [7, 11) is 0. The fraction of sp³-hybridized carbons (Fsp3) is 0.111. The summed E-state index contributed by atoms with van der Waals surface area (Å²) in [6.07, 6.45) is 0. The van der Waals surface area contributed by atoms with Gasteiger partial charge in [0.2, 0.25) is 0 Å². The van der Waals surface area contributed by atoms with Crippen molar-refractivity contribution in [3.05, 3.63) is 99.5 Å². The average molecular weight is 485 g/mol. The van der Waals surface area contributed by atoms with E-state index in [-0.39, 0.29) is 41.2 Å². The number of hydrogen-bond acceptors (Lipinski definition) is 6. The molecule has 5 N–H and O–H groups in total. The number of H-pyrrole nitrogens is 1. The molecule has 0 spiro atoms. The number of nitriles is 1. The van der Waals surface area contributed by atoms with Crippen LogP contribution in [0.2, 0.25) is 0 Å². The van der Waals surface area contributed by atoms with Crippen molar-refractivity contribution in [2.45, 2.75) is 6.92 Å². The van der Waals surface area contributed by atoms with Gasteiger partial charge in [-0.05, 0) is 41.6 Å². The van der Waals surface area contributed by atoms with Crippen LogP contribution in [-0.2, 0) is 0 Å². The van der Waals surface area contributed by atoms with Gasteiger partial charge in [-0.2, -0.15) is 5.26 Å². The molecule has 0 atom stereocenters.